The number of nitrogens with one attached hydrogen (secondary N) is 1. The van der Waals surface area contributed by atoms with Crippen LogP contribution in [0.25, 0.3) is 0 Å². The Morgan fingerprint density at radius 1 is 1.44 bits per heavy atom. The summed E-state index contributed by atoms with van der Waals surface area (Å²) in [5, 5.41) is 10.6. The van der Waals surface area contributed by atoms with Crippen LogP contribution >= 0.6 is 0 Å². The molecular formula is C11H13FN4. The lowest BCUT2D eigenvalue weighted by atomic mass is 10.1. The SMILES string of the molecule is Cc1ccc(F)c(CNc2nncn2C)c1. The van der Waals surface area contributed by atoms with Crippen LogP contribution in [0.1, 0.15) is 11.1 Å². The molecule has 1 aromatic carbocycles. The van der Waals surface area contributed by atoms with Gasteiger partial charge >= 0.3 is 0 Å². The molecule has 0 saturated heterocycles. The molecule has 2 rings (SSSR count). The zero-order chi connectivity index (χ0) is 11.5. The van der Waals surface area contributed by atoms with Crippen molar-refractivity contribution < 1.29 is 4.39 Å². The monoisotopic (exact) mass is 220 g/mol. The second-order valence-corrected chi connectivity index (χ2v) is 3.71. The zero-order valence-corrected chi connectivity index (χ0v) is 9.24. The van der Waals surface area contributed by atoms with Crippen LogP contribution in [0.15, 0.2) is 24.5 Å². The maximum Gasteiger partial charge on any atom is 0.224 e. The molecule has 0 saturated carbocycles. The highest BCUT2D eigenvalue weighted by atomic mass is 19.1. The van der Waals surface area contributed by atoms with Gasteiger partial charge in [0, 0.05) is 19.2 Å². The van der Waals surface area contributed by atoms with Gasteiger partial charge in [0.15, 0.2) is 0 Å². The van der Waals surface area contributed by atoms with E-state index in [2.05, 4.69) is 15.5 Å². The number of halogens is 1. The summed E-state index contributed by atoms with van der Waals surface area (Å²) in [5.41, 5.74) is 1.67. The molecule has 1 N–H and O–H groups in total. The largest absolute Gasteiger partial charge is 0.350 e. The van der Waals surface area contributed by atoms with E-state index in [1.807, 2.05) is 20.0 Å². The first-order valence-corrected chi connectivity index (χ1v) is 4.99. The number of aromatic nitrogens is 3. The third-order valence-electron chi connectivity index (χ3n) is 2.35. The summed E-state index contributed by atoms with van der Waals surface area (Å²) in [6.07, 6.45) is 1.59. The Morgan fingerprint density at radius 3 is 2.94 bits per heavy atom. The third-order valence-corrected chi connectivity index (χ3v) is 2.35. The topological polar surface area (TPSA) is 42.7 Å². The molecule has 0 fully saturated rings. The van der Waals surface area contributed by atoms with Crippen molar-refractivity contribution in [3.05, 3.63) is 41.5 Å². The molecule has 0 spiro atoms. The molecule has 16 heavy (non-hydrogen) atoms. The Kier molecular flexibility index (Phi) is 2.85. The van der Waals surface area contributed by atoms with Gasteiger partial charge in [-0.1, -0.05) is 17.7 Å². The summed E-state index contributed by atoms with van der Waals surface area (Å²) in [6.45, 7) is 2.34. The lowest BCUT2D eigenvalue weighted by Gasteiger charge is -2.06. The van der Waals surface area contributed by atoms with Gasteiger partial charge in [0.1, 0.15) is 12.1 Å². The number of rotatable bonds is 3. The molecule has 0 aliphatic heterocycles. The van der Waals surface area contributed by atoms with Crippen LogP contribution in [0.5, 0.6) is 0 Å². The van der Waals surface area contributed by atoms with Crippen molar-refractivity contribution in [1.82, 2.24) is 14.8 Å². The second kappa shape index (κ2) is 4.30. The molecule has 84 valence electrons. The van der Waals surface area contributed by atoms with E-state index >= 15 is 0 Å². The van der Waals surface area contributed by atoms with Gasteiger partial charge in [0.25, 0.3) is 0 Å². The van der Waals surface area contributed by atoms with E-state index in [1.54, 1.807) is 17.0 Å². The summed E-state index contributed by atoms with van der Waals surface area (Å²) in [4.78, 5) is 0. The van der Waals surface area contributed by atoms with Crippen LogP contribution in [0.4, 0.5) is 10.3 Å². The highest BCUT2D eigenvalue weighted by Crippen LogP contribution is 2.11. The molecule has 0 amide bonds. The highest BCUT2D eigenvalue weighted by Gasteiger charge is 2.04. The second-order valence-electron chi connectivity index (χ2n) is 3.71. The fourth-order valence-electron chi connectivity index (χ4n) is 1.46. The summed E-state index contributed by atoms with van der Waals surface area (Å²) in [6, 6.07) is 5.04. The van der Waals surface area contributed by atoms with Crippen molar-refractivity contribution in [2.24, 2.45) is 7.05 Å². The minimum atomic E-state index is -0.208. The zero-order valence-electron chi connectivity index (χ0n) is 9.24. The molecule has 4 nitrogen and oxygen atoms in total. The first kappa shape index (κ1) is 10.6. The minimum Gasteiger partial charge on any atom is -0.350 e. The summed E-state index contributed by atoms with van der Waals surface area (Å²) in [5.74, 6) is 0.418. The van der Waals surface area contributed by atoms with Crippen LogP contribution in [0.3, 0.4) is 0 Å². The van der Waals surface area contributed by atoms with Gasteiger partial charge in [0.05, 0.1) is 0 Å². The van der Waals surface area contributed by atoms with Gasteiger partial charge < -0.3 is 9.88 Å². The first-order valence-electron chi connectivity index (χ1n) is 4.99. The van der Waals surface area contributed by atoms with E-state index < -0.39 is 0 Å². The van der Waals surface area contributed by atoms with Crippen LogP contribution < -0.4 is 5.32 Å². The van der Waals surface area contributed by atoms with Crippen LogP contribution in [0, 0.1) is 12.7 Å². The summed E-state index contributed by atoms with van der Waals surface area (Å²) < 4.78 is 15.2. The molecule has 1 heterocycles. The van der Waals surface area contributed by atoms with Gasteiger partial charge in [-0.25, -0.2) is 4.39 Å². The van der Waals surface area contributed by atoms with Gasteiger partial charge in [-0.05, 0) is 13.0 Å². The van der Waals surface area contributed by atoms with E-state index in [0.717, 1.165) is 5.56 Å². The average Bonchev–Trinajstić information content (AvgIpc) is 2.66. The average molecular weight is 220 g/mol. The lowest BCUT2D eigenvalue weighted by molar-refractivity contribution is 0.612. The van der Waals surface area contributed by atoms with Crippen molar-refractivity contribution in [1.29, 1.82) is 0 Å². The Bertz CT molecular complexity index is 492. The number of benzene rings is 1. The van der Waals surface area contributed by atoms with Crippen LogP contribution in [-0.4, -0.2) is 14.8 Å². The number of aryl methyl sites for hydroxylation is 2. The van der Waals surface area contributed by atoms with E-state index in [1.165, 1.54) is 6.07 Å². The number of hydrogen-bond acceptors (Lipinski definition) is 3. The lowest BCUT2D eigenvalue weighted by Crippen LogP contribution is -2.06. The maximum atomic E-state index is 13.4. The van der Waals surface area contributed by atoms with E-state index in [9.17, 15) is 4.39 Å². The minimum absolute atomic E-state index is 0.208. The Hall–Kier alpha value is -1.91. The van der Waals surface area contributed by atoms with Crippen molar-refractivity contribution in [3.8, 4) is 0 Å². The highest BCUT2D eigenvalue weighted by molar-refractivity contribution is 5.30. The number of anilines is 1. The van der Waals surface area contributed by atoms with Gasteiger partial charge in [0.2, 0.25) is 5.95 Å². The van der Waals surface area contributed by atoms with Gasteiger partial charge in [-0.2, -0.15) is 0 Å². The van der Waals surface area contributed by atoms with Gasteiger partial charge in [-0.15, -0.1) is 10.2 Å². The molecule has 0 aliphatic rings. The quantitative estimate of drug-likeness (QED) is 0.858. The molecule has 0 unspecified atom stereocenters. The molecule has 0 atom stereocenters. The maximum absolute atomic E-state index is 13.4. The Labute approximate surface area is 93.1 Å². The van der Waals surface area contributed by atoms with E-state index in [4.69, 9.17) is 0 Å². The van der Waals surface area contributed by atoms with Crippen molar-refractivity contribution in [2.75, 3.05) is 5.32 Å². The molecule has 2 aromatic rings. The van der Waals surface area contributed by atoms with Crippen molar-refractivity contribution in [3.63, 3.8) is 0 Å². The fraction of sp³-hybridized carbons (Fsp3) is 0.273. The molecule has 0 aliphatic carbocycles. The Morgan fingerprint density at radius 2 is 2.25 bits per heavy atom. The number of nitrogens with zero attached hydrogens (tertiary/aromatic N) is 3. The van der Waals surface area contributed by atoms with Crippen LogP contribution in [0.2, 0.25) is 0 Å². The molecular weight excluding hydrogens is 207 g/mol. The van der Waals surface area contributed by atoms with Crippen LogP contribution in [-0.2, 0) is 13.6 Å². The summed E-state index contributed by atoms with van der Waals surface area (Å²) >= 11 is 0. The standard InChI is InChI=1S/C11H13FN4/c1-8-3-4-10(12)9(5-8)6-13-11-15-14-7-16(11)2/h3-5,7H,6H2,1-2H3,(H,13,15). The summed E-state index contributed by atoms with van der Waals surface area (Å²) in [7, 11) is 1.83. The molecule has 0 radical (unpaired) electrons. The van der Waals surface area contributed by atoms with Crippen molar-refractivity contribution >= 4 is 5.95 Å². The molecule has 5 heteroatoms. The van der Waals surface area contributed by atoms with Gasteiger partial charge in [-0.3, -0.25) is 0 Å². The Balaban J connectivity index is 2.10. The molecule has 1 aromatic heterocycles. The normalized spacial score (nSPS) is 10.4. The third kappa shape index (κ3) is 2.18. The smallest absolute Gasteiger partial charge is 0.224 e. The van der Waals surface area contributed by atoms with E-state index in [0.29, 0.717) is 18.1 Å². The predicted octanol–water partition coefficient (Wildman–Crippen LogP) is 1.87. The van der Waals surface area contributed by atoms with Crippen molar-refractivity contribution in [2.45, 2.75) is 13.5 Å². The van der Waals surface area contributed by atoms with E-state index in [-0.39, 0.29) is 5.82 Å². The number of hydrogen-bond donors (Lipinski definition) is 1. The first-order chi connectivity index (χ1) is 7.66. The molecule has 0 bridgehead atoms. The predicted molar refractivity (Wildman–Crippen MR) is 59.5 cm³/mol. The fourth-order valence-corrected chi connectivity index (χ4v) is 1.46.